The minimum atomic E-state index is -3.66. The summed E-state index contributed by atoms with van der Waals surface area (Å²) in [5, 5.41) is -0.147. The van der Waals surface area contributed by atoms with Crippen LogP contribution in [0.3, 0.4) is 0 Å². The summed E-state index contributed by atoms with van der Waals surface area (Å²) in [6.07, 6.45) is 3.35. The number of aromatic nitrogens is 1. The van der Waals surface area contributed by atoms with Crippen molar-refractivity contribution in [2.45, 2.75) is 18.2 Å². The number of sulfonamides is 1. The standard InChI is InChI=1S/C11H15ClN2O3S/c1-3-5-14(6-4-2)18(16,17)9-7-10(12)11(15)13-8-9/h3,7-8H,1,4-6H2,2H3,(H,13,15). The van der Waals surface area contributed by atoms with E-state index in [2.05, 4.69) is 11.6 Å². The topological polar surface area (TPSA) is 70.2 Å². The number of nitrogens with one attached hydrogen (secondary N) is 1. The molecule has 0 spiro atoms. The van der Waals surface area contributed by atoms with E-state index < -0.39 is 15.6 Å². The van der Waals surface area contributed by atoms with E-state index in [4.69, 9.17) is 11.6 Å². The van der Waals surface area contributed by atoms with Gasteiger partial charge < -0.3 is 4.98 Å². The van der Waals surface area contributed by atoms with Gasteiger partial charge in [-0.3, -0.25) is 4.79 Å². The van der Waals surface area contributed by atoms with Crippen molar-refractivity contribution < 1.29 is 8.42 Å². The van der Waals surface area contributed by atoms with Crippen LogP contribution in [0, 0.1) is 0 Å². The van der Waals surface area contributed by atoms with Crippen LogP contribution < -0.4 is 5.56 Å². The fraction of sp³-hybridized carbons (Fsp3) is 0.364. The molecule has 0 atom stereocenters. The van der Waals surface area contributed by atoms with Crippen LogP contribution >= 0.6 is 11.6 Å². The zero-order chi connectivity index (χ0) is 13.8. The molecular formula is C11H15ClN2O3S. The fourth-order valence-electron chi connectivity index (χ4n) is 1.44. The summed E-state index contributed by atoms with van der Waals surface area (Å²) in [6.45, 7) is 6.01. The van der Waals surface area contributed by atoms with Gasteiger partial charge >= 0.3 is 0 Å². The first-order chi connectivity index (χ1) is 8.43. The molecule has 1 heterocycles. The molecule has 0 unspecified atom stereocenters. The van der Waals surface area contributed by atoms with E-state index in [1.165, 1.54) is 10.4 Å². The van der Waals surface area contributed by atoms with Gasteiger partial charge in [0.2, 0.25) is 10.0 Å². The lowest BCUT2D eigenvalue weighted by Gasteiger charge is -2.19. The van der Waals surface area contributed by atoms with E-state index in [9.17, 15) is 13.2 Å². The SMILES string of the molecule is C=CCN(CCC)S(=O)(=O)c1c[nH]c(=O)c(Cl)c1. The number of H-pyrrole nitrogens is 1. The quantitative estimate of drug-likeness (QED) is 0.809. The molecule has 0 aliphatic carbocycles. The first-order valence-electron chi connectivity index (χ1n) is 5.42. The zero-order valence-electron chi connectivity index (χ0n) is 10.0. The lowest BCUT2D eigenvalue weighted by atomic mass is 10.5. The van der Waals surface area contributed by atoms with Gasteiger partial charge in [0.05, 0.1) is 4.90 Å². The van der Waals surface area contributed by atoms with Gasteiger partial charge in [-0.25, -0.2) is 8.42 Å². The summed E-state index contributed by atoms with van der Waals surface area (Å²) in [5.74, 6) is 0. The average Bonchev–Trinajstić information content (AvgIpc) is 2.32. The number of hydrogen-bond acceptors (Lipinski definition) is 3. The van der Waals surface area contributed by atoms with Gasteiger partial charge in [0.15, 0.2) is 0 Å². The van der Waals surface area contributed by atoms with Crippen molar-refractivity contribution in [3.05, 3.63) is 40.3 Å². The Morgan fingerprint density at radius 3 is 2.72 bits per heavy atom. The second kappa shape index (κ2) is 6.17. The molecule has 100 valence electrons. The van der Waals surface area contributed by atoms with Crippen LogP contribution in [0.5, 0.6) is 0 Å². The molecule has 0 saturated carbocycles. The van der Waals surface area contributed by atoms with Crippen molar-refractivity contribution in [2.75, 3.05) is 13.1 Å². The third-order valence-corrected chi connectivity index (χ3v) is 4.40. The zero-order valence-corrected chi connectivity index (χ0v) is 11.6. The van der Waals surface area contributed by atoms with Gasteiger partial charge in [-0.05, 0) is 12.5 Å². The maximum Gasteiger partial charge on any atom is 0.266 e. The molecule has 0 amide bonds. The number of pyridine rings is 1. The van der Waals surface area contributed by atoms with Crippen molar-refractivity contribution in [1.29, 1.82) is 0 Å². The van der Waals surface area contributed by atoms with E-state index in [0.29, 0.717) is 13.0 Å². The maximum absolute atomic E-state index is 12.3. The smallest absolute Gasteiger partial charge is 0.266 e. The van der Waals surface area contributed by atoms with Crippen LogP contribution in [0.15, 0.2) is 34.6 Å². The van der Waals surface area contributed by atoms with Gasteiger partial charge in [0.25, 0.3) is 5.56 Å². The summed E-state index contributed by atoms with van der Waals surface area (Å²) in [7, 11) is -3.66. The number of hydrogen-bond donors (Lipinski definition) is 1. The first kappa shape index (κ1) is 14.9. The monoisotopic (exact) mass is 290 g/mol. The molecule has 18 heavy (non-hydrogen) atoms. The molecule has 1 rings (SSSR count). The molecule has 1 N–H and O–H groups in total. The van der Waals surface area contributed by atoms with Gasteiger partial charge in [0.1, 0.15) is 5.02 Å². The van der Waals surface area contributed by atoms with Crippen LogP contribution in [-0.4, -0.2) is 30.8 Å². The molecule has 0 bridgehead atoms. The molecular weight excluding hydrogens is 276 g/mol. The van der Waals surface area contributed by atoms with Crippen molar-refractivity contribution in [1.82, 2.24) is 9.29 Å². The van der Waals surface area contributed by atoms with Gasteiger partial charge in [-0.1, -0.05) is 24.6 Å². The molecule has 0 fully saturated rings. The molecule has 0 saturated heterocycles. The Morgan fingerprint density at radius 2 is 2.22 bits per heavy atom. The molecule has 0 aliphatic heterocycles. The summed E-state index contributed by atoms with van der Waals surface area (Å²) in [5.41, 5.74) is -0.513. The molecule has 1 aromatic rings. The highest BCUT2D eigenvalue weighted by atomic mass is 35.5. The summed E-state index contributed by atoms with van der Waals surface area (Å²) < 4.78 is 25.8. The Balaban J connectivity index is 3.21. The van der Waals surface area contributed by atoms with Crippen LogP contribution in [0.4, 0.5) is 0 Å². The molecule has 1 aromatic heterocycles. The Bertz CT molecular complexity index is 580. The van der Waals surface area contributed by atoms with Crippen LogP contribution in [0.1, 0.15) is 13.3 Å². The highest BCUT2D eigenvalue weighted by molar-refractivity contribution is 7.89. The summed E-state index contributed by atoms with van der Waals surface area (Å²) in [6, 6.07) is 1.15. The molecule has 5 nitrogen and oxygen atoms in total. The number of rotatable bonds is 6. The number of aromatic amines is 1. The highest BCUT2D eigenvalue weighted by Gasteiger charge is 2.23. The van der Waals surface area contributed by atoms with E-state index in [1.807, 2.05) is 6.92 Å². The fourth-order valence-corrected chi connectivity index (χ4v) is 3.17. The Kier molecular flexibility index (Phi) is 5.13. The van der Waals surface area contributed by atoms with E-state index >= 15 is 0 Å². The largest absolute Gasteiger partial charge is 0.326 e. The predicted octanol–water partition coefficient (Wildman–Crippen LogP) is 1.62. The Hall–Kier alpha value is -1.11. The highest BCUT2D eigenvalue weighted by Crippen LogP contribution is 2.16. The minimum Gasteiger partial charge on any atom is -0.326 e. The van der Waals surface area contributed by atoms with E-state index in [1.54, 1.807) is 0 Å². The Labute approximate surface area is 111 Å². The summed E-state index contributed by atoms with van der Waals surface area (Å²) >= 11 is 5.63. The van der Waals surface area contributed by atoms with Crippen molar-refractivity contribution >= 4 is 21.6 Å². The average molecular weight is 291 g/mol. The van der Waals surface area contributed by atoms with Gasteiger partial charge in [0, 0.05) is 19.3 Å². The van der Waals surface area contributed by atoms with E-state index in [0.717, 1.165) is 12.3 Å². The molecule has 7 heteroatoms. The van der Waals surface area contributed by atoms with Gasteiger partial charge in [-0.2, -0.15) is 4.31 Å². The van der Waals surface area contributed by atoms with E-state index in [-0.39, 0.29) is 16.5 Å². The Morgan fingerprint density at radius 1 is 1.56 bits per heavy atom. The maximum atomic E-state index is 12.3. The lowest BCUT2D eigenvalue weighted by molar-refractivity contribution is 0.441. The second-order valence-electron chi connectivity index (χ2n) is 3.66. The van der Waals surface area contributed by atoms with Gasteiger partial charge in [-0.15, -0.1) is 6.58 Å². The van der Waals surface area contributed by atoms with Crippen LogP contribution in [0.2, 0.25) is 5.02 Å². The lowest BCUT2D eigenvalue weighted by Crippen LogP contribution is -2.32. The van der Waals surface area contributed by atoms with Crippen LogP contribution in [-0.2, 0) is 10.0 Å². The molecule has 0 radical (unpaired) electrons. The molecule has 0 aromatic carbocycles. The van der Waals surface area contributed by atoms with Crippen LogP contribution in [0.25, 0.3) is 0 Å². The third kappa shape index (κ3) is 3.22. The number of halogens is 1. The summed E-state index contributed by atoms with van der Waals surface area (Å²) in [4.78, 5) is 13.4. The first-order valence-corrected chi connectivity index (χ1v) is 7.24. The minimum absolute atomic E-state index is 0.0256. The van der Waals surface area contributed by atoms with Crippen molar-refractivity contribution in [3.63, 3.8) is 0 Å². The van der Waals surface area contributed by atoms with Crippen molar-refractivity contribution in [3.8, 4) is 0 Å². The number of nitrogens with zero attached hydrogens (tertiary/aromatic N) is 1. The van der Waals surface area contributed by atoms with Crippen molar-refractivity contribution in [2.24, 2.45) is 0 Å². The second-order valence-corrected chi connectivity index (χ2v) is 6.01. The molecule has 0 aliphatic rings. The third-order valence-electron chi connectivity index (χ3n) is 2.27. The predicted molar refractivity (Wildman–Crippen MR) is 71.3 cm³/mol. The normalized spacial score (nSPS) is 11.7.